The number of rotatable bonds is 4. The molecule has 1 heterocycles. The molecule has 1 aromatic heterocycles. The van der Waals surface area contributed by atoms with Crippen molar-refractivity contribution in [2.75, 3.05) is 7.11 Å². The Morgan fingerprint density at radius 2 is 2.00 bits per heavy atom. The van der Waals surface area contributed by atoms with E-state index in [2.05, 4.69) is 4.74 Å². The van der Waals surface area contributed by atoms with Gasteiger partial charge in [0.25, 0.3) is 0 Å². The molecular weight excluding hydrogens is 230 g/mol. The van der Waals surface area contributed by atoms with Crippen LogP contribution in [0.2, 0.25) is 0 Å². The lowest BCUT2D eigenvalue weighted by molar-refractivity contribution is -0.0508. The van der Waals surface area contributed by atoms with Gasteiger partial charge in [-0.15, -0.1) is 0 Å². The molecule has 3 nitrogen and oxygen atoms in total. The Morgan fingerprint density at radius 3 is 2.59 bits per heavy atom. The van der Waals surface area contributed by atoms with Gasteiger partial charge >= 0.3 is 6.61 Å². The Labute approximate surface area is 96.6 Å². The second kappa shape index (κ2) is 4.86. The van der Waals surface area contributed by atoms with Gasteiger partial charge in [0.2, 0.25) is 0 Å². The Kier molecular flexibility index (Phi) is 3.27. The third-order valence-electron chi connectivity index (χ3n) is 2.19. The first-order valence-corrected chi connectivity index (χ1v) is 4.88. The van der Waals surface area contributed by atoms with Crippen LogP contribution in [-0.2, 0) is 0 Å². The zero-order valence-corrected chi connectivity index (χ0v) is 9.02. The predicted molar refractivity (Wildman–Crippen MR) is 57.3 cm³/mol. The van der Waals surface area contributed by atoms with E-state index < -0.39 is 6.61 Å². The summed E-state index contributed by atoms with van der Waals surface area (Å²) in [6.45, 7) is -2.92. The third-order valence-corrected chi connectivity index (χ3v) is 2.19. The number of ether oxygens (including phenoxy) is 2. The number of hydrogen-bond donors (Lipinski definition) is 0. The number of benzene rings is 1. The van der Waals surface area contributed by atoms with Crippen LogP contribution < -0.4 is 9.47 Å². The highest BCUT2D eigenvalue weighted by Crippen LogP contribution is 2.38. The lowest BCUT2D eigenvalue weighted by atomic mass is 10.1. The average Bonchev–Trinajstić information content (AvgIpc) is 2.82. The molecule has 0 saturated carbocycles. The van der Waals surface area contributed by atoms with Crippen molar-refractivity contribution in [3.05, 3.63) is 36.6 Å². The fourth-order valence-electron chi connectivity index (χ4n) is 1.51. The van der Waals surface area contributed by atoms with Crippen molar-refractivity contribution in [1.82, 2.24) is 0 Å². The highest BCUT2D eigenvalue weighted by Gasteiger charge is 2.17. The van der Waals surface area contributed by atoms with Crippen LogP contribution >= 0.6 is 0 Å². The van der Waals surface area contributed by atoms with Gasteiger partial charge in [-0.05, 0) is 24.3 Å². The summed E-state index contributed by atoms with van der Waals surface area (Å²) in [7, 11) is 1.39. The summed E-state index contributed by atoms with van der Waals surface area (Å²) in [5, 5.41) is 0. The molecule has 0 aliphatic rings. The molecule has 0 bridgehead atoms. The quantitative estimate of drug-likeness (QED) is 0.818. The molecule has 0 aliphatic heterocycles. The molecule has 0 saturated heterocycles. The summed E-state index contributed by atoms with van der Waals surface area (Å²) in [4.78, 5) is 0. The van der Waals surface area contributed by atoms with Crippen LogP contribution in [0, 0.1) is 0 Å². The number of para-hydroxylation sites is 1. The number of methoxy groups -OCH3 is 1. The van der Waals surface area contributed by atoms with Crippen molar-refractivity contribution >= 4 is 0 Å². The van der Waals surface area contributed by atoms with Gasteiger partial charge in [-0.3, -0.25) is 0 Å². The van der Waals surface area contributed by atoms with Crippen molar-refractivity contribution in [2.45, 2.75) is 6.61 Å². The zero-order chi connectivity index (χ0) is 12.3. The van der Waals surface area contributed by atoms with E-state index in [9.17, 15) is 8.78 Å². The van der Waals surface area contributed by atoms with Crippen LogP contribution in [0.5, 0.6) is 11.5 Å². The minimum absolute atomic E-state index is 0.0278. The molecule has 1 aromatic carbocycles. The third kappa shape index (κ3) is 2.38. The molecule has 0 unspecified atom stereocenters. The Bertz CT molecular complexity index is 481. The van der Waals surface area contributed by atoms with E-state index in [1.54, 1.807) is 30.3 Å². The van der Waals surface area contributed by atoms with E-state index in [1.807, 2.05) is 0 Å². The molecule has 5 heteroatoms. The molecule has 0 amide bonds. The number of halogens is 2. The van der Waals surface area contributed by atoms with E-state index in [0.717, 1.165) is 0 Å². The normalized spacial score (nSPS) is 10.6. The second-order valence-corrected chi connectivity index (χ2v) is 3.19. The summed E-state index contributed by atoms with van der Waals surface area (Å²) >= 11 is 0. The van der Waals surface area contributed by atoms with E-state index >= 15 is 0 Å². The van der Waals surface area contributed by atoms with Gasteiger partial charge in [0.15, 0.2) is 11.5 Å². The average molecular weight is 240 g/mol. The fourth-order valence-corrected chi connectivity index (χ4v) is 1.51. The monoisotopic (exact) mass is 240 g/mol. The summed E-state index contributed by atoms with van der Waals surface area (Å²) in [5.74, 6) is 0.652. The van der Waals surface area contributed by atoms with Gasteiger partial charge < -0.3 is 13.9 Å². The standard InChI is InChI=1S/C12H10F2O3/c1-15-10-5-2-4-8(9-6-3-7-16-9)11(10)17-12(13)14/h2-7,12H,1H3. The first-order chi connectivity index (χ1) is 8.22. The largest absolute Gasteiger partial charge is 0.493 e. The first kappa shape index (κ1) is 11.4. The lowest BCUT2D eigenvalue weighted by Crippen LogP contribution is -2.04. The molecule has 90 valence electrons. The van der Waals surface area contributed by atoms with Gasteiger partial charge in [-0.2, -0.15) is 8.78 Å². The van der Waals surface area contributed by atoms with Crippen LogP contribution in [-0.4, -0.2) is 13.7 Å². The van der Waals surface area contributed by atoms with Gasteiger partial charge in [0, 0.05) is 0 Å². The number of alkyl halides is 2. The van der Waals surface area contributed by atoms with Gasteiger partial charge in [-0.1, -0.05) is 6.07 Å². The van der Waals surface area contributed by atoms with Gasteiger partial charge in [0.1, 0.15) is 5.76 Å². The zero-order valence-electron chi connectivity index (χ0n) is 9.02. The van der Waals surface area contributed by atoms with E-state index in [0.29, 0.717) is 11.3 Å². The first-order valence-electron chi connectivity index (χ1n) is 4.88. The van der Waals surface area contributed by atoms with Crippen molar-refractivity contribution in [3.8, 4) is 22.8 Å². The highest BCUT2D eigenvalue weighted by molar-refractivity contribution is 5.70. The van der Waals surface area contributed by atoms with Crippen molar-refractivity contribution in [1.29, 1.82) is 0 Å². The Hall–Kier alpha value is -2.04. The highest BCUT2D eigenvalue weighted by atomic mass is 19.3. The van der Waals surface area contributed by atoms with Crippen LogP contribution in [0.25, 0.3) is 11.3 Å². The smallest absolute Gasteiger partial charge is 0.387 e. The topological polar surface area (TPSA) is 31.6 Å². The van der Waals surface area contributed by atoms with Crippen LogP contribution in [0.1, 0.15) is 0 Å². The maximum absolute atomic E-state index is 12.4. The summed E-state index contributed by atoms with van der Waals surface area (Å²) in [6.07, 6.45) is 1.46. The van der Waals surface area contributed by atoms with Crippen molar-refractivity contribution in [3.63, 3.8) is 0 Å². The Balaban J connectivity index is 2.50. The van der Waals surface area contributed by atoms with Crippen molar-refractivity contribution < 1.29 is 22.7 Å². The summed E-state index contributed by atoms with van der Waals surface area (Å²) < 4.78 is 39.3. The fraction of sp³-hybridized carbons (Fsp3) is 0.167. The minimum atomic E-state index is -2.92. The number of hydrogen-bond acceptors (Lipinski definition) is 3. The molecule has 0 atom stereocenters. The molecular formula is C12H10F2O3. The van der Waals surface area contributed by atoms with Gasteiger partial charge in [-0.25, -0.2) is 0 Å². The van der Waals surface area contributed by atoms with E-state index in [4.69, 9.17) is 9.15 Å². The molecule has 2 rings (SSSR count). The predicted octanol–water partition coefficient (Wildman–Crippen LogP) is 3.56. The van der Waals surface area contributed by atoms with Crippen LogP contribution in [0.3, 0.4) is 0 Å². The molecule has 0 fully saturated rings. The molecule has 2 aromatic rings. The lowest BCUT2D eigenvalue weighted by Gasteiger charge is -2.12. The van der Waals surface area contributed by atoms with Crippen molar-refractivity contribution in [2.24, 2.45) is 0 Å². The SMILES string of the molecule is COc1cccc(-c2ccco2)c1OC(F)F. The van der Waals surface area contributed by atoms with Gasteiger partial charge in [0.05, 0.1) is 18.9 Å². The van der Waals surface area contributed by atoms with E-state index in [1.165, 1.54) is 13.4 Å². The van der Waals surface area contributed by atoms with Crippen LogP contribution in [0.15, 0.2) is 41.0 Å². The molecule has 0 spiro atoms. The second-order valence-electron chi connectivity index (χ2n) is 3.19. The molecule has 0 N–H and O–H groups in total. The maximum atomic E-state index is 12.4. The van der Waals surface area contributed by atoms with Crippen LogP contribution in [0.4, 0.5) is 8.78 Å². The molecule has 0 radical (unpaired) electrons. The van der Waals surface area contributed by atoms with E-state index in [-0.39, 0.29) is 11.5 Å². The maximum Gasteiger partial charge on any atom is 0.387 e. The molecule has 0 aliphatic carbocycles. The minimum Gasteiger partial charge on any atom is -0.493 e. The Morgan fingerprint density at radius 1 is 1.18 bits per heavy atom. The summed E-state index contributed by atoms with van der Waals surface area (Å²) in [6, 6.07) is 8.17. The molecule has 17 heavy (non-hydrogen) atoms. The summed E-state index contributed by atoms with van der Waals surface area (Å²) in [5.41, 5.74) is 0.426. The number of furan rings is 1.